The molecule has 0 bridgehead atoms. The predicted molar refractivity (Wildman–Crippen MR) is 84.3 cm³/mol. The second kappa shape index (κ2) is 5.09. The maximum absolute atomic E-state index is 10.8. The van der Waals surface area contributed by atoms with Gasteiger partial charge in [0.05, 0.1) is 5.56 Å². The van der Waals surface area contributed by atoms with Gasteiger partial charge in [0.2, 0.25) is 0 Å². The highest BCUT2D eigenvalue weighted by molar-refractivity contribution is 14.1. The zero-order valence-electron chi connectivity index (χ0n) is 5.94. The lowest BCUT2D eigenvalue weighted by Gasteiger charge is -2.06. The molecule has 0 spiro atoms. The molecule has 0 aromatic heterocycles. The van der Waals surface area contributed by atoms with Crippen molar-refractivity contribution >= 4 is 96.3 Å². The molecule has 0 saturated carbocycles. The van der Waals surface area contributed by atoms with Crippen molar-refractivity contribution in [2.24, 2.45) is 0 Å². The first-order chi connectivity index (χ1) is 5.95. The van der Waals surface area contributed by atoms with Crippen LogP contribution in [-0.2, 0) is 0 Å². The van der Waals surface area contributed by atoms with Crippen molar-refractivity contribution < 1.29 is 9.90 Å². The number of rotatable bonds is 1. The molecule has 1 N–H and O–H groups in total. The van der Waals surface area contributed by atoms with Gasteiger partial charge >= 0.3 is 5.97 Å². The van der Waals surface area contributed by atoms with Crippen LogP contribution in [-0.4, -0.2) is 11.1 Å². The second-order valence-electron chi connectivity index (χ2n) is 2.15. The normalized spacial score (nSPS) is 10.2. The van der Waals surface area contributed by atoms with Crippen LogP contribution in [0, 0.1) is 14.3 Å². The Morgan fingerprint density at radius 3 is 2.08 bits per heavy atom. The summed E-state index contributed by atoms with van der Waals surface area (Å²) in [7, 11) is 0. The summed E-state index contributed by atoms with van der Waals surface area (Å²) >= 11 is 8.60. The topological polar surface area (TPSA) is 37.3 Å². The average molecular weight is 626 g/mol. The molecule has 6 heteroatoms. The van der Waals surface area contributed by atoms with Crippen molar-refractivity contribution in [3.05, 3.63) is 25.9 Å². The highest BCUT2D eigenvalue weighted by atomic mass is 127. The summed E-state index contributed by atoms with van der Waals surface area (Å²) in [5.41, 5.74) is 0.384. The van der Waals surface area contributed by atoms with E-state index in [4.69, 9.17) is 5.11 Å². The molecule has 0 aliphatic rings. The van der Waals surface area contributed by atoms with E-state index in [0.717, 1.165) is 14.3 Å². The number of hydrogen-bond donors (Lipinski definition) is 1. The fourth-order valence-corrected chi connectivity index (χ4v) is 4.00. The van der Waals surface area contributed by atoms with Crippen molar-refractivity contribution in [3.63, 3.8) is 0 Å². The van der Waals surface area contributed by atoms with Crippen LogP contribution in [0.15, 0.2) is 6.07 Å². The SMILES string of the molecule is O=C(O)c1cc(I)c(I)c(I)c1I. The molecule has 0 amide bonds. The number of carboxylic acids is 1. The summed E-state index contributed by atoms with van der Waals surface area (Å²) in [5.74, 6) is -0.864. The number of hydrogen-bond acceptors (Lipinski definition) is 1. The van der Waals surface area contributed by atoms with Gasteiger partial charge in [0.1, 0.15) is 0 Å². The Hall–Kier alpha value is 1.61. The Morgan fingerprint density at radius 1 is 1.08 bits per heavy atom. The highest BCUT2D eigenvalue weighted by Crippen LogP contribution is 2.28. The van der Waals surface area contributed by atoms with Gasteiger partial charge in [-0.2, -0.15) is 0 Å². The monoisotopic (exact) mass is 626 g/mol. The first kappa shape index (κ1) is 12.7. The third-order valence-corrected chi connectivity index (χ3v) is 8.60. The van der Waals surface area contributed by atoms with Crippen molar-refractivity contribution in [2.45, 2.75) is 0 Å². The predicted octanol–water partition coefficient (Wildman–Crippen LogP) is 3.80. The average Bonchev–Trinajstić information content (AvgIpc) is 2.07. The lowest BCUT2D eigenvalue weighted by atomic mass is 10.2. The summed E-state index contributed by atoms with van der Waals surface area (Å²) in [6.07, 6.45) is 0. The van der Waals surface area contributed by atoms with E-state index < -0.39 is 5.97 Å². The Labute approximate surface area is 130 Å². The third kappa shape index (κ3) is 2.80. The summed E-state index contributed by atoms with van der Waals surface area (Å²) in [6.45, 7) is 0. The zero-order valence-corrected chi connectivity index (χ0v) is 14.6. The number of carboxylic acid groups (broad SMARTS) is 1. The standard InChI is InChI=1S/C7H2I4O2/c8-3-1-2(7(12)13)4(9)6(11)5(3)10/h1H,(H,12,13). The lowest BCUT2D eigenvalue weighted by Crippen LogP contribution is -2.04. The van der Waals surface area contributed by atoms with E-state index in [9.17, 15) is 4.79 Å². The van der Waals surface area contributed by atoms with Crippen LogP contribution in [0.5, 0.6) is 0 Å². The molecule has 0 atom stereocenters. The highest BCUT2D eigenvalue weighted by Gasteiger charge is 2.15. The van der Waals surface area contributed by atoms with Gasteiger partial charge in [-0.3, -0.25) is 0 Å². The van der Waals surface area contributed by atoms with Gasteiger partial charge in [-0.05, 0) is 96.4 Å². The van der Waals surface area contributed by atoms with Crippen LogP contribution >= 0.6 is 90.4 Å². The largest absolute Gasteiger partial charge is 0.478 e. The third-order valence-electron chi connectivity index (χ3n) is 1.33. The molecule has 0 radical (unpaired) electrons. The van der Waals surface area contributed by atoms with Crippen molar-refractivity contribution in [1.82, 2.24) is 0 Å². The first-order valence-electron chi connectivity index (χ1n) is 3.01. The van der Waals surface area contributed by atoms with Gasteiger partial charge in [-0.25, -0.2) is 4.79 Å². The molecule has 0 fully saturated rings. The van der Waals surface area contributed by atoms with Crippen LogP contribution in [0.1, 0.15) is 10.4 Å². The lowest BCUT2D eigenvalue weighted by molar-refractivity contribution is 0.0695. The molecule has 0 saturated heterocycles. The van der Waals surface area contributed by atoms with E-state index in [1.807, 2.05) is 0 Å². The maximum Gasteiger partial charge on any atom is 0.336 e. The van der Waals surface area contributed by atoms with Crippen LogP contribution < -0.4 is 0 Å². The van der Waals surface area contributed by atoms with Gasteiger partial charge in [-0.1, -0.05) is 0 Å². The first-order valence-corrected chi connectivity index (χ1v) is 7.33. The minimum absolute atomic E-state index is 0.384. The van der Waals surface area contributed by atoms with Gasteiger partial charge in [-0.15, -0.1) is 0 Å². The van der Waals surface area contributed by atoms with E-state index in [1.54, 1.807) is 6.07 Å². The quantitative estimate of drug-likeness (QED) is 0.293. The van der Waals surface area contributed by atoms with E-state index in [-0.39, 0.29) is 0 Å². The van der Waals surface area contributed by atoms with Crippen molar-refractivity contribution in [3.8, 4) is 0 Å². The molecule has 70 valence electrons. The summed E-state index contributed by atoms with van der Waals surface area (Å²) in [5, 5.41) is 8.89. The molecule has 2 nitrogen and oxygen atoms in total. The van der Waals surface area contributed by atoms with E-state index in [2.05, 4.69) is 90.4 Å². The number of benzene rings is 1. The van der Waals surface area contributed by atoms with Crippen LogP contribution in [0.2, 0.25) is 0 Å². The van der Waals surface area contributed by atoms with E-state index >= 15 is 0 Å². The van der Waals surface area contributed by atoms with Crippen molar-refractivity contribution in [1.29, 1.82) is 0 Å². The molecule has 1 rings (SSSR count). The molecule has 0 unspecified atom stereocenters. The van der Waals surface area contributed by atoms with Gasteiger partial charge in [0.15, 0.2) is 0 Å². The molecule has 0 heterocycles. The summed E-state index contributed by atoms with van der Waals surface area (Å²) in [4.78, 5) is 10.8. The Morgan fingerprint density at radius 2 is 1.62 bits per heavy atom. The zero-order chi connectivity index (χ0) is 10.2. The minimum atomic E-state index is -0.864. The number of aromatic carboxylic acids is 1. The van der Waals surface area contributed by atoms with E-state index in [0.29, 0.717) is 5.56 Å². The fraction of sp³-hybridized carbons (Fsp3) is 0. The Kier molecular flexibility index (Phi) is 4.97. The number of halogens is 4. The van der Waals surface area contributed by atoms with Crippen LogP contribution in [0.25, 0.3) is 0 Å². The molecule has 1 aromatic carbocycles. The molecule has 13 heavy (non-hydrogen) atoms. The smallest absolute Gasteiger partial charge is 0.336 e. The fourth-order valence-electron chi connectivity index (χ4n) is 0.728. The Balaban J connectivity index is 3.50. The molecule has 1 aromatic rings. The Bertz CT molecular complexity index is 375. The molecule has 0 aliphatic heterocycles. The molecular weight excluding hydrogens is 624 g/mol. The van der Waals surface area contributed by atoms with Gasteiger partial charge in [0, 0.05) is 14.3 Å². The summed E-state index contributed by atoms with van der Waals surface area (Å²) in [6, 6.07) is 1.70. The van der Waals surface area contributed by atoms with Crippen LogP contribution in [0.3, 0.4) is 0 Å². The van der Waals surface area contributed by atoms with Crippen LogP contribution in [0.4, 0.5) is 0 Å². The second-order valence-corrected chi connectivity index (χ2v) is 6.55. The minimum Gasteiger partial charge on any atom is -0.478 e. The molecule has 0 aliphatic carbocycles. The molecular formula is C7H2I4O2. The van der Waals surface area contributed by atoms with Gasteiger partial charge < -0.3 is 5.11 Å². The van der Waals surface area contributed by atoms with E-state index in [1.165, 1.54) is 0 Å². The maximum atomic E-state index is 10.8. The summed E-state index contributed by atoms with van der Waals surface area (Å²) < 4.78 is 3.94. The van der Waals surface area contributed by atoms with Gasteiger partial charge in [0.25, 0.3) is 0 Å². The van der Waals surface area contributed by atoms with Crippen molar-refractivity contribution in [2.75, 3.05) is 0 Å². The number of carbonyl (C=O) groups is 1.